The molecule has 1 atom stereocenters. The molecule has 2 aliphatic rings. The molecule has 0 radical (unpaired) electrons. The SMILES string of the molecule is O=C(O)C(F)(F)F.O=C(c1cocn1)N1CC2(CC(OCc3cccnc3)CS2)C1. The number of pyridine rings is 1. The average Bonchev–Trinajstić information content (AvgIpc) is 3.35. The minimum absolute atomic E-state index is 0.0512. The third kappa shape index (κ3) is 5.51. The van der Waals surface area contributed by atoms with E-state index in [1.165, 1.54) is 12.7 Å². The molecule has 1 spiro atoms. The first-order valence-corrected chi connectivity index (χ1v) is 9.79. The molecule has 1 amide bonds. The van der Waals surface area contributed by atoms with Gasteiger partial charge in [-0.15, -0.1) is 11.8 Å². The maximum atomic E-state index is 12.2. The number of likely N-dealkylation sites (tertiary alicyclic amines) is 1. The highest BCUT2D eigenvalue weighted by Crippen LogP contribution is 2.46. The highest BCUT2D eigenvalue weighted by molar-refractivity contribution is 8.01. The van der Waals surface area contributed by atoms with Crippen molar-refractivity contribution in [1.82, 2.24) is 14.9 Å². The molecule has 0 aromatic carbocycles. The Hall–Kier alpha value is -2.60. The number of hydrogen-bond donors (Lipinski definition) is 1. The first kappa shape index (κ1) is 22.1. The van der Waals surface area contributed by atoms with Gasteiger partial charge in [-0.1, -0.05) is 6.07 Å². The van der Waals surface area contributed by atoms with E-state index in [1.54, 1.807) is 6.20 Å². The molecule has 162 valence electrons. The number of nitrogens with zero attached hydrogens (tertiary/aromatic N) is 3. The minimum atomic E-state index is -5.08. The fourth-order valence-corrected chi connectivity index (χ4v) is 4.65. The van der Waals surface area contributed by atoms with Gasteiger partial charge in [-0.05, 0) is 18.1 Å². The molecule has 4 rings (SSSR count). The van der Waals surface area contributed by atoms with Crippen LogP contribution in [-0.4, -0.2) is 67.7 Å². The molecule has 8 nitrogen and oxygen atoms in total. The van der Waals surface area contributed by atoms with Gasteiger partial charge in [-0.3, -0.25) is 9.78 Å². The number of aliphatic carboxylic acids is 1. The van der Waals surface area contributed by atoms with E-state index >= 15 is 0 Å². The van der Waals surface area contributed by atoms with Crippen molar-refractivity contribution in [1.29, 1.82) is 0 Å². The van der Waals surface area contributed by atoms with Crippen LogP contribution in [0.2, 0.25) is 0 Å². The second-order valence-corrected chi connectivity index (χ2v) is 8.32. The average molecular weight is 445 g/mol. The van der Waals surface area contributed by atoms with Gasteiger partial charge < -0.3 is 19.2 Å². The molecule has 0 bridgehead atoms. The third-order valence-corrected chi connectivity index (χ3v) is 6.10. The van der Waals surface area contributed by atoms with Crippen molar-refractivity contribution in [2.45, 2.75) is 30.1 Å². The van der Waals surface area contributed by atoms with Gasteiger partial charge in [0.15, 0.2) is 12.1 Å². The van der Waals surface area contributed by atoms with Crippen LogP contribution in [-0.2, 0) is 16.1 Å². The molecule has 30 heavy (non-hydrogen) atoms. The maximum absolute atomic E-state index is 12.2. The molecule has 2 aliphatic heterocycles. The zero-order valence-corrected chi connectivity index (χ0v) is 16.4. The van der Waals surface area contributed by atoms with E-state index in [-0.39, 0.29) is 16.8 Å². The van der Waals surface area contributed by atoms with Crippen molar-refractivity contribution >= 4 is 23.6 Å². The highest BCUT2D eigenvalue weighted by Gasteiger charge is 2.51. The second-order valence-electron chi connectivity index (χ2n) is 6.83. The van der Waals surface area contributed by atoms with Crippen LogP contribution in [0.5, 0.6) is 0 Å². The van der Waals surface area contributed by atoms with E-state index in [0.717, 1.165) is 30.8 Å². The number of alkyl halides is 3. The molecular weight excluding hydrogens is 427 g/mol. The lowest BCUT2D eigenvalue weighted by Crippen LogP contribution is -2.60. The van der Waals surface area contributed by atoms with Gasteiger partial charge in [0.1, 0.15) is 6.26 Å². The van der Waals surface area contributed by atoms with Crippen molar-refractivity contribution in [3.8, 4) is 0 Å². The second kappa shape index (κ2) is 9.04. The van der Waals surface area contributed by atoms with Gasteiger partial charge in [-0.2, -0.15) is 13.2 Å². The molecule has 2 aromatic rings. The van der Waals surface area contributed by atoms with E-state index in [0.29, 0.717) is 12.3 Å². The van der Waals surface area contributed by atoms with Crippen LogP contribution < -0.4 is 0 Å². The topological polar surface area (TPSA) is 106 Å². The lowest BCUT2D eigenvalue weighted by molar-refractivity contribution is -0.192. The predicted molar refractivity (Wildman–Crippen MR) is 98.7 cm³/mol. The normalized spacial score (nSPS) is 19.7. The van der Waals surface area contributed by atoms with Crippen LogP contribution in [0.25, 0.3) is 0 Å². The summed E-state index contributed by atoms with van der Waals surface area (Å²) in [7, 11) is 0. The minimum Gasteiger partial charge on any atom is -0.475 e. The van der Waals surface area contributed by atoms with Crippen molar-refractivity contribution < 1.29 is 37.0 Å². The number of carbonyl (C=O) groups excluding carboxylic acids is 1. The summed E-state index contributed by atoms with van der Waals surface area (Å²) in [4.78, 5) is 30.9. The van der Waals surface area contributed by atoms with Gasteiger partial charge >= 0.3 is 12.1 Å². The smallest absolute Gasteiger partial charge is 0.475 e. The van der Waals surface area contributed by atoms with E-state index in [9.17, 15) is 18.0 Å². The standard InChI is InChI=1S/C16H17N3O3S.C2HF3O2/c20-15(14-7-21-11-18-14)19-9-16(10-19)4-13(8-23-16)22-6-12-2-1-3-17-5-12;3-2(4,5)1(6)7/h1-3,5,7,11,13H,4,6,8-10H2;(H,6,7). The summed E-state index contributed by atoms with van der Waals surface area (Å²) in [5.74, 6) is -1.83. The van der Waals surface area contributed by atoms with Gasteiger partial charge in [-0.25, -0.2) is 9.78 Å². The third-order valence-electron chi connectivity index (χ3n) is 4.52. The van der Waals surface area contributed by atoms with Gasteiger partial charge in [0, 0.05) is 31.2 Å². The highest BCUT2D eigenvalue weighted by atomic mass is 32.2. The molecule has 0 aliphatic carbocycles. The Morgan fingerprint density at radius 2 is 2.13 bits per heavy atom. The molecule has 1 N–H and O–H groups in total. The first-order valence-electron chi connectivity index (χ1n) is 8.81. The molecule has 4 heterocycles. The van der Waals surface area contributed by atoms with E-state index in [1.807, 2.05) is 35.0 Å². The monoisotopic (exact) mass is 445 g/mol. The Bertz CT molecular complexity index is 858. The zero-order valence-electron chi connectivity index (χ0n) is 15.5. The largest absolute Gasteiger partial charge is 0.490 e. The van der Waals surface area contributed by atoms with Crippen LogP contribution in [0.3, 0.4) is 0 Å². The van der Waals surface area contributed by atoms with E-state index in [2.05, 4.69) is 9.97 Å². The van der Waals surface area contributed by atoms with E-state index in [4.69, 9.17) is 19.1 Å². The molecule has 2 saturated heterocycles. The summed E-state index contributed by atoms with van der Waals surface area (Å²) in [6, 6.07) is 3.94. The first-order chi connectivity index (χ1) is 14.2. The van der Waals surface area contributed by atoms with Crippen molar-refractivity contribution in [2.24, 2.45) is 0 Å². The summed E-state index contributed by atoms with van der Waals surface area (Å²) in [6.07, 6.45) is 2.42. The number of carboxylic acid groups (broad SMARTS) is 1. The van der Waals surface area contributed by atoms with Crippen LogP contribution in [0.1, 0.15) is 22.5 Å². The van der Waals surface area contributed by atoms with Crippen LogP contribution in [0.15, 0.2) is 41.6 Å². The lowest BCUT2D eigenvalue weighted by Gasteiger charge is -2.47. The Morgan fingerprint density at radius 1 is 1.40 bits per heavy atom. The number of thioether (sulfide) groups is 1. The summed E-state index contributed by atoms with van der Waals surface area (Å²) in [5.41, 5.74) is 1.47. The lowest BCUT2D eigenvalue weighted by atomic mass is 9.92. The number of halogens is 3. The van der Waals surface area contributed by atoms with Gasteiger partial charge in [0.05, 0.1) is 17.5 Å². The Labute approximate surface area is 173 Å². The number of carboxylic acids is 1. The molecule has 2 aromatic heterocycles. The summed E-state index contributed by atoms with van der Waals surface area (Å²) in [6.45, 7) is 2.11. The number of aromatic nitrogens is 2. The number of carbonyl (C=O) groups is 2. The fraction of sp³-hybridized carbons (Fsp3) is 0.444. The molecule has 12 heteroatoms. The summed E-state index contributed by atoms with van der Waals surface area (Å²) >= 11 is 1.91. The maximum Gasteiger partial charge on any atom is 0.490 e. The molecule has 0 saturated carbocycles. The fourth-order valence-electron chi connectivity index (χ4n) is 3.10. The number of amides is 1. The summed E-state index contributed by atoms with van der Waals surface area (Å²) < 4.78 is 42.8. The van der Waals surface area contributed by atoms with E-state index < -0.39 is 12.1 Å². The van der Waals surface area contributed by atoms with Crippen molar-refractivity contribution in [3.05, 3.63) is 48.4 Å². The molecule has 2 fully saturated rings. The number of oxazole rings is 1. The molecule has 1 unspecified atom stereocenters. The number of hydrogen-bond acceptors (Lipinski definition) is 7. The quantitative estimate of drug-likeness (QED) is 0.766. The Kier molecular flexibility index (Phi) is 6.66. The van der Waals surface area contributed by atoms with Gasteiger partial charge in [0.2, 0.25) is 0 Å². The summed E-state index contributed by atoms with van der Waals surface area (Å²) in [5, 5.41) is 7.12. The Morgan fingerprint density at radius 3 is 2.70 bits per heavy atom. The van der Waals surface area contributed by atoms with Gasteiger partial charge in [0.25, 0.3) is 5.91 Å². The molecular formula is C18H18F3N3O5S. The van der Waals surface area contributed by atoms with Crippen LogP contribution in [0, 0.1) is 0 Å². The van der Waals surface area contributed by atoms with Crippen LogP contribution >= 0.6 is 11.8 Å². The Balaban J connectivity index is 0.000000318. The van der Waals surface area contributed by atoms with Crippen molar-refractivity contribution in [2.75, 3.05) is 18.8 Å². The predicted octanol–water partition coefficient (Wildman–Crippen LogP) is 2.62. The number of ether oxygens (including phenoxy) is 1. The van der Waals surface area contributed by atoms with Crippen LogP contribution in [0.4, 0.5) is 13.2 Å². The number of rotatable bonds is 4. The van der Waals surface area contributed by atoms with Crippen molar-refractivity contribution in [3.63, 3.8) is 0 Å². The zero-order chi connectivity index (χ0) is 21.8.